The lowest BCUT2D eigenvalue weighted by atomic mass is 9.92. The monoisotopic (exact) mass is 390 g/mol. The Balaban J connectivity index is 1.50. The van der Waals surface area contributed by atoms with Crippen molar-refractivity contribution in [2.45, 2.75) is 39.7 Å². The van der Waals surface area contributed by atoms with Gasteiger partial charge in [-0.3, -0.25) is 4.99 Å². The van der Waals surface area contributed by atoms with Crippen LogP contribution in [0, 0.1) is 17.7 Å². The lowest BCUT2D eigenvalue weighted by molar-refractivity contribution is 0.145. The average Bonchev–Trinajstić information content (AvgIpc) is 3.09. The van der Waals surface area contributed by atoms with E-state index < -0.39 is 0 Å². The largest absolute Gasteiger partial charge is 0.357 e. The highest BCUT2D eigenvalue weighted by Crippen LogP contribution is 2.21. The lowest BCUT2D eigenvalue weighted by Crippen LogP contribution is -2.45. The Labute approximate surface area is 168 Å². The highest BCUT2D eigenvalue weighted by atomic mass is 19.1. The van der Waals surface area contributed by atoms with Gasteiger partial charge >= 0.3 is 0 Å². The minimum atomic E-state index is -0.256. The molecule has 0 spiro atoms. The molecule has 1 aromatic rings. The van der Waals surface area contributed by atoms with E-state index in [1.54, 1.807) is 12.3 Å². The van der Waals surface area contributed by atoms with Gasteiger partial charge in [-0.1, -0.05) is 13.8 Å². The third kappa shape index (κ3) is 5.80. The summed E-state index contributed by atoms with van der Waals surface area (Å²) in [4.78, 5) is 13.5. The van der Waals surface area contributed by atoms with Crippen LogP contribution in [0.5, 0.6) is 0 Å². The van der Waals surface area contributed by atoms with Crippen molar-refractivity contribution >= 4 is 11.8 Å². The Kier molecular flexibility index (Phi) is 7.48. The summed E-state index contributed by atoms with van der Waals surface area (Å²) in [6.45, 7) is 13.3. The third-order valence-electron chi connectivity index (χ3n) is 5.54. The Morgan fingerprint density at radius 2 is 2.07 bits per heavy atom. The molecule has 3 rings (SSSR count). The molecule has 2 N–H and O–H groups in total. The summed E-state index contributed by atoms with van der Waals surface area (Å²) < 4.78 is 14.0. The molecule has 28 heavy (non-hydrogen) atoms. The SMILES string of the molecule is CCNC(=NCCN1CC(C)CC(C)C1)NC1CCN(c2ncccc2F)C1. The van der Waals surface area contributed by atoms with Crippen LogP contribution in [0.3, 0.4) is 0 Å². The van der Waals surface area contributed by atoms with Crippen LogP contribution >= 0.6 is 0 Å². The van der Waals surface area contributed by atoms with Gasteiger partial charge in [0, 0.05) is 51.5 Å². The number of halogens is 1. The van der Waals surface area contributed by atoms with E-state index in [-0.39, 0.29) is 11.9 Å². The van der Waals surface area contributed by atoms with E-state index in [0.717, 1.165) is 56.9 Å². The minimum Gasteiger partial charge on any atom is -0.357 e. The van der Waals surface area contributed by atoms with Crippen LogP contribution in [0.25, 0.3) is 0 Å². The van der Waals surface area contributed by atoms with E-state index in [9.17, 15) is 4.39 Å². The van der Waals surface area contributed by atoms with Gasteiger partial charge in [0.05, 0.1) is 6.54 Å². The highest BCUT2D eigenvalue weighted by molar-refractivity contribution is 5.80. The maximum Gasteiger partial charge on any atom is 0.191 e. The van der Waals surface area contributed by atoms with Gasteiger partial charge in [-0.2, -0.15) is 0 Å². The number of hydrogen-bond acceptors (Lipinski definition) is 4. The van der Waals surface area contributed by atoms with Gasteiger partial charge in [0.15, 0.2) is 17.6 Å². The van der Waals surface area contributed by atoms with Crippen molar-refractivity contribution in [2.75, 3.05) is 50.7 Å². The summed E-state index contributed by atoms with van der Waals surface area (Å²) in [7, 11) is 0. The van der Waals surface area contributed by atoms with Crippen LogP contribution in [0.1, 0.15) is 33.6 Å². The van der Waals surface area contributed by atoms with E-state index in [1.165, 1.54) is 25.6 Å². The van der Waals surface area contributed by atoms with Crippen molar-refractivity contribution in [2.24, 2.45) is 16.8 Å². The molecule has 3 unspecified atom stereocenters. The number of nitrogens with zero attached hydrogens (tertiary/aromatic N) is 4. The molecule has 0 aromatic carbocycles. The number of hydrogen-bond donors (Lipinski definition) is 2. The molecular weight excluding hydrogens is 355 g/mol. The summed E-state index contributed by atoms with van der Waals surface area (Å²) in [6.07, 6.45) is 3.92. The number of likely N-dealkylation sites (tertiary alicyclic amines) is 1. The number of anilines is 1. The van der Waals surface area contributed by atoms with Crippen LogP contribution in [0.4, 0.5) is 10.2 Å². The molecule has 2 aliphatic heterocycles. The van der Waals surface area contributed by atoms with E-state index in [0.29, 0.717) is 5.82 Å². The molecule has 0 bridgehead atoms. The average molecular weight is 391 g/mol. The fourth-order valence-corrected chi connectivity index (χ4v) is 4.47. The van der Waals surface area contributed by atoms with Gasteiger partial charge in [0.2, 0.25) is 0 Å². The molecule has 0 radical (unpaired) electrons. The number of guanidine groups is 1. The van der Waals surface area contributed by atoms with Crippen LogP contribution in [0.15, 0.2) is 23.3 Å². The second-order valence-corrected chi connectivity index (χ2v) is 8.35. The zero-order valence-corrected chi connectivity index (χ0v) is 17.5. The van der Waals surface area contributed by atoms with Crippen molar-refractivity contribution in [1.29, 1.82) is 0 Å². The maximum absolute atomic E-state index is 14.0. The van der Waals surface area contributed by atoms with Gasteiger partial charge in [-0.15, -0.1) is 0 Å². The molecule has 2 fully saturated rings. The Morgan fingerprint density at radius 3 is 2.79 bits per heavy atom. The molecule has 2 saturated heterocycles. The second-order valence-electron chi connectivity index (χ2n) is 8.35. The lowest BCUT2D eigenvalue weighted by Gasteiger charge is -2.34. The van der Waals surface area contributed by atoms with Gasteiger partial charge in [-0.25, -0.2) is 9.37 Å². The van der Waals surface area contributed by atoms with Crippen LogP contribution in [0.2, 0.25) is 0 Å². The Bertz CT molecular complexity index is 642. The molecule has 156 valence electrons. The van der Waals surface area contributed by atoms with Gasteiger partial charge in [0.25, 0.3) is 0 Å². The number of rotatable bonds is 6. The van der Waals surface area contributed by atoms with Crippen molar-refractivity contribution in [3.63, 3.8) is 0 Å². The Morgan fingerprint density at radius 1 is 1.29 bits per heavy atom. The number of piperidine rings is 1. The number of nitrogens with one attached hydrogen (secondary N) is 2. The van der Waals surface area contributed by atoms with Crippen LogP contribution in [-0.4, -0.2) is 67.7 Å². The first-order valence-corrected chi connectivity index (χ1v) is 10.7. The molecular formula is C21H35FN6. The van der Waals surface area contributed by atoms with Gasteiger partial charge < -0.3 is 20.4 Å². The first-order valence-electron chi connectivity index (χ1n) is 10.7. The molecule has 0 saturated carbocycles. The maximum atomic E-state index is 14.0. The predicted molar refractivity (Wildman–Crippen MR) is 113 cm³/mol. The molecule has 0 amide bonds. The quantitative estimate of drug-likeness (QED) is 0.577. The summed E-state index contributed by atoms with van der Waals surface area (Å²) in [5.41, 5.74) is 0. The Hall–Kier alpha value is -1.89. The molecule has 3 heterocycles. The van der Waals surface area contributed by atoms with Crippen LogP contribution < -0.4 is 15.5 Å². The standard InChI is InChI=1S/C21H35FN6/c1-4-23-21(25-9-11-27-13-16(2)12-17(3)14-27)26-18-7-10-28(15-18)20-19(22)6-5-8-24-20/h5-6,8,16-18H,4,7,9-15H2,1-3H3,(H2,23,25,26). The molecule has 2 aliphatic rings. The summed E-state index contributed by atoms with van der Waals surface area (Å²) in [6, 6.07) is 3.34. The fourth-order valence-electron chi connectivity index (χ4n) is 4.47. The van der Waals surface area contributed by atoms with Crippen LogP contribution in [-0.2, 0) is 0 Å². The topological polar surface area (TPSA) is 55.8 Å². The van der Waals surface area contributed by atoms with E-state index >= 15 is 0 Å². The van der Waals surface area contributed by atoms with Crippen molar-refractivity contribution in [3.05, 3.63) is 24.1 Å². The second kappa shape index (κ2) is 10.0. The predicted octanol–water partition coefficient (Wildman–Crippen LogP) is 2.33. The highest BCUT2D eigenvalue weighted by Gasteiger charge is 2.26. The molecule has 6 nitrogen and oxygen atoms in total. The van der Waals surface area contributed by atoms with E-state index in [4.69, 9.17) is 4.99 Å². The number of pyridine rings is 1. The summed E-state index contributed by atoms with van der Waals surface area (Å²) >= 11 is 0. The van der Waals surface area contributed by atoms with Gasteiger partial charge in [0.1, 0.15) is 0 Å². The molecule has 7 heteroatoms. The van der Waals surface area contributed by atoms with Crippen molar-refractivity contribution in [1.82, 2.24) is 20.5 Å². The first-order chi connectivity index (χ1) is 13.5. The normalized spacial score (nSPS) is 26.5. The summed E-state index contributed by atoms with van der Waals surface area (Å²) in [5, 5.41) is 6.86. The van der Waals surface area contributed by atoms with E-state index in [1.807, 2.05) is 4.90 Å². The zero-order chi connectivity index (χ0) is 19.9. The molecule has 3 atom stereocenters. The van der Waals surface area contributed by atoms with Crippen molar-refractivity contribution < 1.29 is 4.39 Å². The zero-order valence-electron chi connectivity index (χ0n) is 17.5. The minimum absolute atomic E-state index is 0.245. The third-order valence-corrected chi connectivity index (χ3v) is 5.54. The smallest absolute Gasteiger partial charge is 0.191 e. The molecule has 0 aliphatic carbocycles. The van der Waals surface area contributed by atoms with Gasteiger partial charge in [-0.05, 0) is 43.7 Å². The number of aromatic nitrogens is 1. The van der Waals surface area contributed by atoms with Crippen molar-refractivity contribution in [3.8, 4) is 0 Å². The summed E-state index contributed by atoms with van der Waals surface area (Å²) in [5.74, 6) is 2.59. The van der Waals surface area contributed by atoms with E-state index in [2.05, 4.69) is 41.3 Å². The molecule has 1 aromatic heterocycles. The fraction of sp³-hybridized carbons (Fsp3) is 0.714. The number of aliphatic imine (C=N–C) groups is 1. The first kappa shape index (κ1) is 20.8.